The third-order valence-electron chi connectivity index (χ3n) is 4.27. The lowest BCUT2D eigenvalue weighted by atomic mass is 9.86. The summed E-state index contributed by atoms with van der Waals surface area (Å²) in [6, 6.07) is 10.5. The largest absolute Gasteiger partial charge is 0.467 e. The van der Waals surface area contributed by atoms with Crippen molar-refractivity contribution in [1.29, 1.82) is 0 Å². The van der Waals surface area contributed by atoms with Crippen molar-refractivity contribution in [2.24, 2.45) is 5.92 Å². The Bertz CT molecular complexity index is 726. The quantitative estimate of drug-likeness (QED) is 0.830. The Balaban J connectivity index is 2.01. The minimum Gasteiger partial charge on any atom is -0.467 e. The van der Waals surface area contributed by atoms with Gasteiger partial charge in [0.15, 0.2) is 0 Å². The highest BCUT2D eigenvalue weighted by molar-refractivity contribution is 5.97. The van der Waals surface area contributed by atoms with Crippen LogP contribution in [-0.4, -0.2) is 17.9 Å². The summed E-state index contributed by atoms with van der Waals surface area (Å²) in [6.07, 6.45) is 1.56. The summed E-state index contributed by atoms with van der Waals surface area (Å²) in [5, 5.41) is 5.64. The Morgan fingerprint density at radius 3 is 2.23 bits per heavy atom. The molecule has 5 nitrogen and oxygen atoms in total. The third kappa shape index (κ3) is 5.22. The van der Waals surface area contributed by atoms with Gasteiger partial charge in [-0.1, -0.05) is 46.8 Å². The molecular weight excluding hydrogens is 328 g/mol. The van der Waals surface area contributed by atoms with Crippen molar-refractivity contribution >= 4 is 11.8 Å². The van der Waals surface area contributed by atoms with E-state index in [0.29, 0.717) is 17.9 Å². The van der Waals surface area contributed by atoms with Crippen LogP contribution in [0.5, 0.6) is 0 Å². The van der Waals surface area contributed by atoms with Crippen molar-refractivity contribution in [3.8, 4) is 0 Å². The van der Waals surface area contributed by atoms with Gasteiger partial charge in [-0.3, -0.25) is 9.59 Å². The van der Waals surface area contributed by atoms with Crippen molar-refractivity contribution in [2.75, 3.05) is 0 Å². The predicted octanol–water partition coefficient (Wildman–Crippen LogP) is 3.65. The number of hydrogen-bond acceptors (Lipinski definition) is 3. The number of benzene rings is 1. The molecule has 0 aliphatic carbocycles. The van der Waals surface area contributed by atoms with Crippen LogP contribution in [0.25, 0.3) is 0 Å². The van der Waals surface area contributed by atoms with E-state index in [1.807, 2.05) is 26.0 Å². The fourth-order valence-corrected chi connectivity index (χ4v) is 2.58. The standard InChI is InChI=1S/C21H28N2O3/c1-14(2)18(20(25)22-13-17-7-6-12-26-17)23-19(24)15-8-10-16(11-9-15)21(3,4)5/h6-12,14,18H,13H2,1-5H3,(H,22,25)(H,23,24)/t18-/m1/s1. The summed E-state index contributed by atoms with van der Waals surface area (Å²) in [4.78, 5) is 25.0. The second-order valence-electron chi connectivity index (χ2n) is 7.82. The van der Waals surface area contributed by atoms with Crippen molar-refractivity contribution < 1.29 is 14.0 Å². The van der Waals surface area contributed by atoms with Gasteiger partial charge < -0.3 is 15.1 Å². The maximum atomic E-state index is 12.5. The van der Waals surface area contributed by atoms with Gasteiger partial charge in [0.1, 0.15) is 11.8 Å². The van der Waals surface area contributed by atoms with Crippen LogP contribution in [-0.2, 0) is 16.8 Å². The molecule has 0 aliphatic heterocycles. The van der Waals surface area contributed by atoms with Crippen LogP contribution in [0.3, 0.4) is 0 Å². The van der Waals surface area contributed by atoms with Gasteiger partial charge in [-0.2, -0.15) is 0 Å². The second-order valence-corrected chi connectivity index (χ2v) is 7.82. The molecule has 0 bridgehead atoms. The van der Waals surface area contributed by atoms with E-state index in [0.717, 1.165) is 5.56 Å². The first-order chi connectivity index (χ1) is 12.2. The van der Waals surface area contributed by atoms with Crippen LogP contribution in [0.1, 0.15) is 56.3 Å². The summed E-state index contributed by atoms with van der Waals surface area (Å²) >= 11 is 0. The minimum atomic E-state index is -0.611. The SMILES string of the molecule is CC(C)[C@@H](NC(=O)c1ccc(C(C)(C)C)cc1)C(=O)NCc1ccco1. The van der Waals surface area contributed by atoms with Gasteiger partial charge >= 0.3 is 0 Å². The van der Waals surface area contributed by atoms with Crippen LogP contribution in [0.4, 0.5) is 0 Å². The highest BCUT2D eigenvalue weighted by atomic mass is 16.3. The topological polar surface area (TPSA) is 71.3 Å². The van der Waals surface area contributed by atoms with Crippen LogP contribution in [0.2, 0.25) is 0 Å². The fraction of sp³-hybridized carbons (Fsp3) is 0.429. The molecule has 2 aromatic rings. The highest BCUT2D eigenvalue weighted by Gasteiger charge is 2.25. The number of nitrogens with one attached hydrogen (secondary N) is 2. The summed E-state index contributed by atoms with van der Waals surface area (Å²) < 4.78 is 5.21. The number of amides is 2. The van der Waals surface area contributed by atoms with Crippen molar-refractivity contribution in [2.45, 2.75) is 52.6 Å². The number of furan rings is 1. The Morgan fingerprint density at radius 2 is 1.73 bits per heavy atom. The van der Waals surface area contributed by atoms with Crippen LogP contribution in [0.15, 0.2) is 47.1 Å². The van der Waals surface area contributed by atoms with Gasteiger partial charge in [0.05, 0.1) is 12.8 Å². The van der Waals surface area contributed by atoms with Gasteiger partial charge in [-0.05, 0) is 41.2 Å². The summed E-state index contributed by atoms with van der Waals surface area (Å²) in [7, 11) is 0. The maximum Gasteiger partial charge on any atom is 0.251 e. The van der Waals surface area contributed by atoms with E-state index >= 15 is 0 Å². The zero-order valence-corrected chi connectivity index (χ0v) is 16.1. The summed E-state index contributed by atoms with van der Waals surface area (Å²) in [5.74, 6) is 0.155. The fourth-order valence-electron chi connectivity index (χ4n) is 2.58. The van der Waals surface area contributed by atoms with Gasteiger partial charge in [0.2, 0.25) is 5.91 Å². The second kappa shape index (κ2) is 8.21. The molecule has 0 radical (unpaired) electrons. The van der Waals surface area contributed by atoms with E-state index in [2.05, 4.69) is 31.4 Å². The van der Waals surface area contributed by atoms with E-state index in [9.17, 15) is 9.59 Å². The molecule has 5 heteroatoms. The molecule has 2 N–H and O–H groups in total. The molecule has 0 fully saturated rings. The number of carbonyl (C=O) groups is 2. The number of carbonyl (C=O) groups excluding carboxylic acids is 2. The molecule has 26 heavy (non-hydrogen) atoms. The lowest BCUT2D eigenvalue weighted by Gasteiger charge is -2.22. The molecule has 0 aliphatic rings. The Hall–Kier alpha value is -2.56. The third-order valence-corrected chi connectivity index (χ3v) is 4.27. The monoisotopic (exact) mass is 356 g/mol. The lowest BCUT2D eigenvalue weighted by Crippen LogP contribution is -2.49. The van der Waals surface area contributed by atoms with E-state index < -0.39 is 6.04 Å². The normalized spacial score (nSPS) is 12.7. The molecule has 1 aromatic carbocycles. The average molecular weight is 356 g/mol. The molecule has 140 valence electrons. The number of hydrogen-bond donors (Lipinski definition) is 2. The maximum absolute atomic E-state index is 12.5. The first-order valence-electron chi connectivity index (χ1n) is 8.90. The summed E-state index contributed by atoms with van der Waals surface area (Å²) in [5.41, 5.74) is 1.73. The van der Waals surface area contributed by atoms with Crippen molar-refractivity contribution in [3.63, 3.8) is 0 Å². The zero-order chi connectivity index (χ0) is 19.3. The van der Waals surface area contributed by atoms with E-state index in [-0.39, 0.29) is 23.1 Å². The molecule has 0 saturated heterocycles. The molecule has 0 spiro atoms. The van der Waals surface area contributed by atoms with Gasteiger partial charge in [-0.15, -0.1) is 0 Å². The molecule has 1 heterocycles. The van der Waals surface area contributed by atoms with Gasteiger partial charge in [0, 0.05) is 5.56 Å². The predicted molar refractivity (Wildman–Crippen MR) is 102 cm³/mol. The molecule has 0 unspecified atom stereocenters. The Morgan fingerprint density at radius 1 is 1.08 bits per heavy atom. The molecule has 2 amide bonds. The van der Waals surface area contributed by atoms with Crippen molar-refractivity contribution in [3.05, 3.63) is 59.5 Å². The Labute approximate surface area is 155 Å². The Kier molecular flexibility index (Phi) is 6.24. The number of rotatable bonds is 6. The van der Waals surface area contributed by atoms with Gasteiger partial charge in [0.25, 0.3) is 5.91 Å². The molecule has 1 atom stereocenters. The molecule has 2 rings (SSSR count). The zero-order valence-electron chi connectivity index (χ0n) is 16.1. The van der Waals surface area contributed by atoms with Gasteiger partial charge in [-0.25, -0.2) is 0 Å². The van der Waals surface area contributed by atoms with Crippen LogP contribution >= 0.6 is 0 Å². The average Bonchev–Trinajstić information content (AvgIpc) is 3.10. The van der Waals surface area contributed by atoms with Crippen LogP contribution < -0.4 is 10.6 Å². The van der Waals surface area contributed by atoms with Crippen LogP contribution in [0, 0.1) is 5.92 Å². The minimum absolute atomic E-state index is 0.0290. The molecule has 1 aromatic heterocycles. The molecule has 0 saturated carbocycles. The van der Waals surface area contributed by atoms with E-state index in [1.54, 1.807) is 30.5 Å². The highest BCUT2D eigenvalue weighted by Crippen LogP contribution is 2.22. The van der Waals surface area contributed by atoms with Crippen molar-refractivity contribution in [1.82, 2.24) is 10.6 Å². The summed E-state index contributed by atoms with van der Waals surface area (Å²) in [6.45, 7) is 10.5. The van der Waals surface area contributed by atoms with E-state index in [1.165, 1.54) is 0 Å². The first kappa shape index (κ1) is 19.8. The first-order valence-corrected chi connectivity index (χ1v) is 8.90. The smallest absolute Gasteiger partial charge is 0.251 e. The molecular formula is C21H28N2O3. The van der Waals surface area contributed by atoms with E-state index in [4.69, 9.17) is 4.42 Å². The lowest BCUT2D eigenvalue weighted by molar-refractivity contribution is -0.124.